The Labute approximate surface area is 265 Å². The Morgan fingerprint density at radius 1 is 0.956 bits per heavy atom. The first-order chi connectivity index (χ1) is 21.8. The van der Waals surface area contributed by atoms with Crippen LogP contribution in [0.15, 0.2) is 57.5 Å². The van der Waals surface area contributed by atoms with Crippen molar-refractivity contribution in [3.63, 3.8) is 0 Å². The van der Waals surface area contributed by atoms with Crippen molar-refractivity contribution in [2.75, 3.05) is 40.6 Å². The summed E-state index contributed by atoms with van der Waals surface area (Å²) in [5.74, 6) is 0.714. The predicted molar refractivity (Wildman–Crippen MR) is 169 cm³/mol. The maximum Gasteiger partial charge on any atom is 0.343 e. The summed E-state index contributed by atoms with van der Waals surface area (Å²) < 4.78 is 34.8. The smallest absolute Gasteiger partial charge is 0.343 e. The molecule has 0 spiro atoms. The molecular formula is C33H38N2O9S. The zero-order valence-electron chi connectivity index (χ0n) is 26.3. The first kappa shape index (κ1) is 33.3. The summed E-state index contributed by atoms with van der Waals surface area (Å²) in [6, 6.07) is 9.68. The zero-order valence-corrected chi connectivity index (χ0v) is 27.2. The van der Waals surface area contributed by atoms with Crippen LogP contribution in [0.2, 0.25) is 0 Å². The maximum absolute atomic E-state index is 14.1. The second kappa shape index (κ2) is 15.4. The number of hydrogen-bond donors (Lipinski definition) is 0. The van der Waals surface area contributed by atoms with Gasteiger partial charge < -0.3 is 28.4 Å². The summed E-state index contributed by atoms with van der Waals surface area (Å²) in [5, 5.41) is 0. The van der Waals surface area contributed by atoms with Gasteiger partial charge in [0, 0.05) is 0 Å². The van der Waals surface area contributed by atoms with Crippen molar-refractivity contribution in [3.8, 4) is 23.0 Å². The van der Waals surface area contributed by atoms with Gasteiger partial charge in [0.15, 0.2) is 34.4 Å². The molecule has 1 aliphatic heterocycles. The Morgan fingerprint density at radius 2 is 1.71 bits per heavy atom. The molecular weight excluding hydrogens is 600 g/mol. The number of allylic oxidation sites excluding steroid dienone is 1. The molecule has 12 heteroatoms. The second-order valence-corrected chi connectivity index (χ2v) is 10.9. The van der Waals surface area contributed by atoms with Crippen LogP contribution in [0.25, 0.3) is 6.08 Å². The number of rotatable bonds is 14. The summed E-state index contributed by atoms with van der Waals surface area (Å²) >= 11 is 1.21. The zero-order chi connectivity index (χ0) is 32.5. The van der Waals surface area contributed by atoms with E-state index in [1.165, 1.54) is 23.0 Å². The summed E-state index contributed by atoms with van der Waals surface area (Å²) in [5.41, 5.74) is 1.65. The number of aromatic nitrogens is 1. The van der Waals surface area contributed by atoms with Gasteiger partial charge >= 0.3 is 11.9 Å². The minimum absolute atomic E-state index is 0.150. The minimum atomic E-state index is -0.861. The van der Waals surface area contributed by atoms with Crippen molar-refractivity contribution in [1.29, 1.82) is 0 Å². The normalized spacial score (nSPS) is 14.4. The molecule has 0 bridgehead atoms. The highest BCUT2D eigenvalue weighted by Gasteiger charge is 2.34. The summed E-state index contributed by atoms with van der Waals surface area (Å²) in [6.07, 6.45) is 3.70. The summed E-state index contributed by atoms with van der Waals surface area (Å²) in [4.78, 5) is 44.1. The number of nitrogens with zero attached hydrogens (tertiary/aromatic N) is 2. The number of fused-ring (bicyclic) bond motifs is 1. The van der Waals surface area contributed by atoms with E-state index >= 15 is 0 Å². The van der Waals surface area contributed by atoms with Gasteiger partial charge in [-0.1, -0.05) is 36.8 Å². The molecule has 3 aromatic rings. The van der Waals surface area contributed by atoms with Crippen LogP contribution in [0.4, 0.5) is 0 Å². The van der Waals surface area contributed by atoms with Crippen molar-refractivity contribution in [1.82, 2.24) is 4.57 Å². The third-order valence-electron chi connectivity index (χ3n) is 6.91. The molecule has 0 amide bonds. The van der Waals surface area contributed by atoms with Crippen LogP contribution in [0.3, 0.4) is 0 Å². The lowest BCUT2D eigenvalue weighted by Crippen LogP contribution is -2.40. The lowest BCUT2D eigenvalue weighted by molar-refractivity contribution is -0.143. The van der Waals surface area contributed by atoms with E-state index in [4.69, 9.17) is 23.7 Å². The van der Waals surface area contributed by atoms with Crippen LogP contribution in [-0.4, -0.2) is 57.2 Å². The standard InChI is InChI=1S/C33H38N2O9S/c1-7-10-15-43-23-13-11-21(16-25(23)39-5)17-27-31(37)35-30(29(32(38)42-9-3)20(4)34-33(35)45-27)22-12-14-24(26(18-22)41-8-2)44-19-28(36)40-6/h11-14,16-18,30H,7-10,15,19H2,1-6H3/b27-17-/t30-/m1/s1. The fraction of sp³-hybridized carbons (Fsp3) is 0.394. The van der Waals surface area contributed by atoms with Crippen LogP contribution < -0.4 is 33.8 Å². The Morgan fingerprint density at radius 3 is 2.40 bits per heavy atom. The third kappa shape index (κ3) is 7.56. The molecule has 1 atom stereocenters. The van der Waals surface area contributed by atoms with Gasteiger partial charge in [0.2, 0.25) is 0 Å². The van der Waals surface area contributed by atoms with Crippen molar-refractivity contribution < 1.29 is 38.0 Å². The molecule has 2 heterocycles. The molecule has 240 valence electrons. The van der Waals surface area contributed by atoms with Crippen LogP contribution >= 0.6 is 11.3 Å². The molecule has 0 unspecified atom stereocenters. The number of methoxy groups -OCH3 is 2. The number of unbranched alkanes of at least 4 members (excludes halogenated alkanes) is 1. The average molecular weight is 639 g/mol. The highest BCUT2D eigenvalue weighted by molar-refractivity contribution is 7.07. The molecule has 2 aromatic carbocycles. The van der Waals surface area contributed by atoms with Gasteiger partial charge in [0.25, 0.3) is 5.56 Å². The van der Waals surface area contributed by atoms with E-state index in [9.17, 15) is 14.4 Å². The van der Waals surface area contributed by atoms with Gasteiger partial charge in [-0.05, 0) is 68.7 Å². The average Bonchev–Trinajstić information content (AvgIpc) is 3.33. The number of esters is 2. The quantitative estimate of drug-likeness (QED) is 0.191. The summed E-state index contributed by atoms with van der Waals surface area (Å²) in [6.45, 7) is 8.07. The molecule has 0 fully saturated rings. The van der Waals surface area contributed by atoms with Gasteiger partial charge in [-0.25, -0.2) is 14.6 Å². The fourth-order valence-electron chi connectivity index (χ4n) is 4.76. The van der Waals surface area contributed by atoms with Crippen molar-refractivity contribution in [2.45, 2.75) is 46.6 Å². The Bertz CT molecular complexity index is 1760. The third-order valence-corrected chi connectivity index (χ3v) is 7.90. The monoisotopic (exact) mass is 638 g/mol. The van der Waals surface area contributed by atoms with Gasteiger partial charge in [-0.2, -0.15) is 0 Å². The molecule has 0 saturated heterocycles. The number of hydrogen-bond acceptors (Lipinski definition) is 11. The number of benzene rings is 2. The maximum atomic E-state index is 14.1. The Hall–Kier alpha value is -4.58. The molecule has 45 heavy (non-hydrogen) atoms. The largest absolute Gasteiger partial charge is 0.493 e. The number of ether oxygens (including phenoxy) is 6. The molecule has 1 aromatic heterocycles. The lowest BCUT2D eigenvalue weighted by atomic mass is 9.95. The van der Waals surface area contributed by atoms with Crippen molar-refractivity contribution in [2.24, 2.45) is 4.99 Å². The molecule has 4 rings (SSSR count). The number of carbonyl (C=O) groups is 2. The number of carbonyl (C=O) groups excluding carboxylic acids is 2. The molecule has 0 radical (unpaired) electrons. The Balaban J connectivity index is 1.84. The highest BCUT2D eigenvalue weighted by atomic mass is 32.1. The van der Waals surface area contributed by atoms with Crippen molar-refractivity contribution >= 4 is 29.4 Å². The van der Waals surface area contributed by atoms with Crippen LogP contribution in [0.1, 0.15) is 57.7 Å². The topological polar surface area (TPSA) is 124 Å². The number of thiazole rings is 1. The van der Waals surface area contributed by atoms with E-state index in [0.717, 1.165) is 18.4 Å². The second-order valence-electron chi connectivity index (χ2n) is 9.92. The molecule has 0 aliphatic carbocycles. The first-order valence-corrected chi connectivity index (χ1v) is 15.5. The van der Waals surface area contributed by atoms with Crippen LogP contribution in [-0.2, 0) is 19.1 Å². The Kier molecular flexibility index (Phi) is 11.4. The first-order valence-electron chi connectivity index (χ1n) is 14.7. The van der Waals surface area contributed by atoms with E-state index in [0.29, 0.717) is 56.8 Å². The summed E-state index contributed by atoms with van der Waals surface area (Å²) in [7, 11) is 2.84. The van der Waals surface area contributed by atoms with Crippen LogP contribution in [0, 0.1) is 0 Å². The fourth-order valence-corrected chi connectivity index (χ4v) is 5.80. The van der Waals surface area contributed by atoms with Crippen LogP contribution in [0.5, 0.6) is 23.0 Å². The highest BCUT2D eigenvalue weighted by Crippen LogP contribution is 2.36. The van der Waals surface area contributed by atoms with E-state index in [1.54, 1.807) is 45.2 Å². The van der Waals surface area contributed by atoms with Crippen molar-refractivity contribution in [3.05, 3.63) is 78.5 Å². The van der Waals surface area contributed by atoms with E-state index in [1.807, 2.05) is 25.1 Å². The van der Waals surface area contributed by atoms with Gasteiger partial charge in [0.05, 0.1) is 55.9 Å². The minimum Gasteiger partial charge on any atom is -0.493 e. The van der Waals surface area contributed by atoms with E-state index in [-0.39, 0.29) is 24.3 Å². The van der Waals surface area contributed by atoms with Gasteiger partial charge in [0.1, 0.15) is 0 Å². The molecule has 0 N–H and O–H groups in total. The SMILES string of the molecule is CCCCOc1ccc(/C=c2\sc3n(c2=O)[C@H](c2ccc(OCC(=O)OC)c(OCC)c2)C(C(=O)OCC)=C(C)N=3)cc1OC. The molecule has 1 aliphatic rings. The van der Waals surface area contributed by atoms with Gasteiger partial charge in [-0.15, -0.1) is 0 Å². The predicted octanol–water partition coefficient (Wildman–Crippen LogP) is 3.94. The van der Waals surface area contributed by atoms with E-state index < -0.39 is 18.0 Å². The van der Waals surface area contributed by atoms with E-state index in [2.05, 4.69) is 16.7 Å². The molecule has 11 nitrogen and oxygen atoms in total. The van der Waals surface area contributed by atoms with Gasteiger partial charge in [-0.3, -0.25) is 9.36 Å². The lowest BCUT2D eigenvalue weighted by Gasteiger charge is -2.25. The molecule has 0 saturated carbocycles.